The number of halogens is 2. The molecule has 0 N–H and O–H groups in total. The van der Waals surface area contributed by atoms with Gasteiger partial charge < -0.3 is 18.8 Å². The van der Waals surface area contributed by atoms with Gasteiger partial charge in [-0.3, -0.25) is 4.68 Å². The molecule has 0 saturated carbocycles. The molecule has 0 bridgehead atoms. The molecule has 9 heteroatoms. The Kier molecular flexibility index (Phi) is 9.20. The summed E-state index contributed by atoms with van der Waals surface area (Å²) in [6, 6.07) is 15.2. The number of carbonyl (C=O) groups excluding carboxylic acids is 1. The van der Waals surface area contributed by atoms with Gasteiger partial charge in [0.25, 0.3) is 0 Å². The summed E-state index contributed by atoms with van der Waals surface area (Å²) in [5.74, 6) is -0.0570. The number of hydrogen-bond acceptors (Lipinski definition) is 5. The van der Waals surface area contributed by atoms with Gasteiger partial charge in [-0.2, -0.15) is 5.10 Å². The first-order valence-electron chi connectivity index (χ1n) is 15.8. The van der Waals surface area contributed by atoms with Crippen molar-refractivity contribution in [1.82, 2.24) is 14.3 Å². The second kappa shape index (κ2) is 13.3. The van der Waals surface area contributed by atoms with Crippen LogP contribution in [0, 0.1) is 19.7 Å². The van der Waals surface area contributed by atoms with Crippen LogP contribution < -0.4 is 4.74 Å². The Morgan fingerprint density at radius 1 is 1.04 bits per heavy atom. The number of fused-ring (bicyclic) bond motifs is 3. The van der Waals surface area contributed by atoms with E-state index in [1.807, 2.05) is 73.5 Å². The molecule has 0 amide bonds. The number of rotatable bonds is 8. The van der Waals surface area contributed by atoms with Gasteiger partial charge in [0.2, 0.25) is 0 Å². The molecular formula is C37H39ClFN3O4. The minimum absolute atomic E-state index is 0.219. The van der Waals surface area contributed by atoms with Crippen molar-refractivity contribution in [2.45, 2.75) is 66.7 Å². The fourth-order valence-corrected chi connectivity index (χ4v) is 6.81. The predicted octanol–water partition coefficient (Wildman–Crippen LogP) is 8.28. The van der Waals surface area contributed by atoms with E-state index >= 15 is 4.39 Å². The number of esters is 1. The average molecular weight is 644 g/mol. The highest BCUT2D eigenvalue weighted by Crippen LogP contribution is 2.41. The van der Waals surface area contributed by atoms with E-state index in [1.54, 1.807) is 13.0 Å². The molecule has 3 aromatic carbocycles. The lowest BCUT2D eigenvalue weighted by atomic mass is 9.96. The van der Waals surface area contributed by atoms with Gasteiger partial charge in [0.15, 0.2) is 0 Å². The fraction of sp³-hybridized carbons (Fsp3) is 0.351. The maximum atomic E-state index is 16.3. The summed E-state index contributed by atoms with van der Waals surface area (Å²) >= 11 is 6.36. The largest absolute Gasteiger partial charge is 0.494 e. The van der Waals surface area contributed by atoms with E-state index in [9.17, 15) is 4.79 Å². The van der Waals surface area contributed by atoms with E-state index in [4.69, 9.17) is 30.9 Å². The molecule has 240 valence electrons. The van der Waals surface area contributed by atoms with Gasteiger partial charge >= 0.3 is 5.97 Å². The lowest BCUT2D eigenvalue weighted by molar-refractivity contribution is 0.0513. The van der Waals surface area contributed by atoms with Gasteiger partial charge in [0.1, 0.15) is 17.3 Å². The maximum Gasteiger partial charge on any atom is 0.355 e. The molecule has 1 aliphatic heterocycles. The second-order valence-corrected chi connectivity index (χ2v) is 12.2. The van der Waals surface area contributed by atoms with Gasteiger partial charge in [0, 0.05) is 40.8 Å². The van der Waals surface area contributed by atoms with Crippen LogP contribution in [0.15, 0.2) is 48.5 Å². The number of hydrogen-bond donors (Lipinski definition) is 0. The van der Waals surface area contributed by atoms with Gasteiger partial charge in [-0.1, -0.05) is 42.8 Å². The predicted molar refractivity (Wildman–Crippen MR) is 178 cm³/mol. The van der Waals surface area contributed by atoms with Crippen molar-refractivity contribution in [3.05, 3.63) is 104 Å². The minimum atomic E-state index is -0.435. The van der Waals surface area contributed by atoms with Crippen molar-refractivity contribution in [2.24, 2.45) is 7.05 Å². The lowest BCUT2D eigenvalue weighted by Crippen LogP contribution is -2.16. The molecule has 0 saturated heterocycles. The molecule has 2 aromatic heterocycles. The molecule has 0 unspecified atom stereocenters. The molecule has 0 fully saturated rings. The van der Waals surface area contributed by atoms with E-state index in [0.717, 1.165) is 55.2 Å². The number of ether oxygens (including phenoxy) is 3. The Morgan fingerprint density at radius 2 is 1.78 bits per heavy atom. The van der Waals surface area contributed by atoms with E-state index < -0.39 is 5.97 Å². The van der Waals surface area contributed by atoms with Crippen LogP contribution in [-0.2, 0) is 49.1 Å². The molecule has 0 radical (unpaired) electrons. The Morgan fingerprint density at radius 3 is 2.50 bits per heavy atom. The van der Waals surface area contributed by atoms with Crippen LogP contribution in [0.3, 0.4) is 0 Å². The highest BCUT2D eigenvalue weighted by atomic mass is 35.5. The first kappa shape index (κ1) is 31.8. The topological polar surface area (TPSA) is 67.5 Å². The fourth-order valence-electron chi connectivity index (χ4n) is 6.70. The van der Waals surface area contributed by atoms with E-state index in [2.05, 4.69) is 0 Å². The van der Waals surface area contributed by atoms with Crippen LogP contribution >= 0.6 is 11.6 Å². The molecule has 1 aliphatic rings. The average Bonchev–Trinajstić information content (AvgIpc) is 3.51. The van der Waals surface area contributed by atoms with Crippen LogP contribution in [0.25, 0.3) is 22.0 Å². The third-order valence-electron chi connectivity index (χ3n) is 8.76. The van der Waals surface area contributed by atoms with Crippen molar-refractivity contribution in [3.8, 4) is 16.9 Å². The molecule has 5 aromatic rings. The third kappa shape index (κ3) is 5.80. The Balaban J connectivity index is 1.54. The summed E-state index contributed by atoms with van der Waals surface area (Å²) in [4.78, 5) is 13.9. The molecule has 3 heterocycles. The monoisotopic (exact) mass is 643 g/mol. The van der Waals surface area contributed by atoms with Crippen molar-refractivity contribution in [2.75, 3.05) is 13.2 Å². The number of benzene rings is 3. The normalized spacial score (nSPS) is 12.8. The molecule has 0 aliphatic carbocycles. The Hall–Kier alpha value is -4.14. The molecule has 0 spiro atoms. The van der Waals surface area contributed by atoms with Gasteiger partial charge in [-0.05, 0) is 92.1 Å². The van der Waals surface area contributed by atoms with Crippen LogP contribution in [0.2, 0.25) is 5.02 Å². The quantitative estimate of drug-likeness (QED) is 0.126. The van der Waals surface area contributed by atoms with Crippen LogP contribution in [0.1, 0.15) is 70.0 Å². The van der Waals surface area contributed by atoms with Crippen LogP contribution in [0.5, 0.6) is 5.75 Å². The number of carbonyl (C=O) groups is 1. The summed E-state index contributed by atoms with van der Waals surface area (Å²) in [5.41, 5.74) is 8.51. The lowest BCUT2D eigenvalue weighted by Gasteiger charge is -2.16. The van der Waals surface area contributed by atoms with E-state index in [-0.39, 0.29) is 19.0 Å². The first-order chi connectivity index (χ1) is 22.2. The van der Waals surface area contributed by atoms with E-state index in [0.29, 0.717) is 61.5 Å². The minimum Gasteiger partial charge on any atom is -0.494 e. The summed E-state index contributed by atoms with van der Waals surface area (Å²) < 4.78 is 38.1. The Labute approximate surface area is 273 Å². The number of nitrogens with zero attached hydrogens (tertiary/aromatic N) is 3. The maximum absolute atomic E-state index is 16.3. The van der Waals surface area contributed by atoms with Crippen molar-refractivity contribution in [3.63, 3.8) is 0 Å². The zero-order chi connectivity index (χ0) is 32.5. The molecule has 46 heavy (non-hydrogen) atoms. The zero-order valence-corrected chi connectivity index (χ0v) is 27.8. The number of aryl methyl sites for hydroxylation is 4. The van der Waals surface area contributed by atoms with Crippen molar-refractivity contribution in [1.29, 1.82) is 0 Å². The molecule has 0 atom stereocenters. The highest BCUT2D eigenvalue weighted by molar-refractivity contribution is 6.32. The van der Waals surface area contributed by atoms with Crippen molar-refractivity contribution < 1.29 is 23.4 Å². The zero-order valence-electron chi connectivity index (χ0n) is 27.0. The molecule has 7 nitrogen and oxygen atoms in total. The summed E-state index contributed by atoms with van der Waals surface area (Å²) in [6.45, 7) is 9.33. The van der Waals surface area contributed by atoms with Crippen LogP contribution in [-0.4, -0.2) is 33.5 Å². The van der Waals surface area contributed by atoms with Gasteiger partial charge in [0.05, 0.1) is 37.6 Å². The van der Waals surface area contributed by atoms with E-state index in [1.165, 1.54) is 6.07 Å². The second-order valence-electron chi connectivity index (χ2n) is 11.8. The molecule has 6 rings (SSSR count). The first-order valence-corrected chi connectivity index (χ1v) is 16.2. The van der Waals surface area contributed by atoms with Gasteiger partial charge in [-0.25, -0.2) is 9.18 Å². The summed E-state index contributed by atoms with van der Waals surface area (Å²) in [6.07, 6.45) is 1.80. The van der Waals surface area contributed by atoms with Crippen molar-refractivity contribution >= 4 is 28.5 Å². The third-order valence-corrected chi connectivity index (χ3v) is 9.36. The Bertz CT molecular complexity index is 1920. The SMILES string of the molecule is CCOC(=O)c1c(CCCOc2cc(C)c(Cl)c(C)c2)c2ccc(F)c3c2n1Cc1ccccc1COCc1nn(C)c(CC)c1-3. The number of aromatic nitrogens is 3. The standard InChI is InChI=1S/C37H39ClFN3O4/c1-6-31-33-30(40-41(31)5)21-44-20-25-12-9-8-11-24(25)19-42-35-28(14-15-29(39)32(33)35)27(36(42)37(43)45-7-2)13-10-16-46-26-17-22(3)34(38)23(4)18-26/h8-9,11-12,14-15,17-18H,6-7,10,13,16,19-21H2,1-5H3. The summed E-state index contributed by atoms with van der Waals surface area (Å²) in [5, 5.41) is 6.33. The van der Waals surface area contributed by atoms with Crippen LogP contribution in [0.4, 0.5) is 4.39 Å². The molecular weight excluding hydrogens is 605 g/mol. The van der Waals surface area contributed by atoms with Gasteiger partial charge in [-0.15, -0.1) is 0 Å². The highest BCUT2D eigenvalue weighted by Gasteiger charge is 2.31. The summed E-state index contributed by atoms with van der Waals surface area (Å²) in [7, 11) is 1.88. The smallest absolute Gasteiger partial charge is 0.355 e.